The van der Waals surface area contributed by atoms with Gasteiger partial charge in [-0.15, -0.1) is 0 Å². The predicted octanol–water partition coefficient (Wildman–Crippen LogP) is 8.33. The first-order chi connectivity index (χ1) is 14.1. The highest BCUT2D eigenvalue weighted by molar-refractivity contribution is 6.77. The molecule has 0 aromatic rings. The zero-order valence-electron chi connectivity index (χ0n) is 23.1. The Morgan fingerprint density at radius 1 is 1.03 bits per heavy atom. The van der Waals surface area contributed by atoms with Gasteiger partial charge >= 0.3 is 0 Å². The van der Waals surface area contributed by atoms with Crippen molar-refractivity contribution in [1.29, 1.82) is 0 Å². The zero-order valence-corrected chi connectivity index (χ0v) is 25.1. The Morgan fingerprint density at radius 3 is 1.87 bits per heavy atom. The number of hydrogen-bond acceptors (Lipinski definition) is 3. The van der Waals surface area contributed by atoms with Crippen molar-refractivity contribution >= 4 is 16.6 Å². The van der Waals surface area contributed by atoms with E-state index in [0.29, 0.717) is 28.6 Å². The van der Waals surface area contributed by atoms with Crippen molar-refractivity contribution in [3.05, 3.63) is 11.6 Å². The van der Waals surface area contributed by atoms with Crippen molar-refractivity contribution in [2.45, 2.75) is 136 Å². The molecule has 0 radical (unpaired) electrons. The SMILES string of the molecule is CC[C@H](/C=C(/C)[C@H](C[C@@H]1CO1)O[Si](C)(C)C(C)(C)C)CO[Si](C(C)C)(C(C)C)C(C)C. The molecular formula is C26H54O3Si2. The van der Waals surface area contributed by atoms with E-state index in [1.165, 1.54) is 5.57 Å². The molecule has 1 aliphatic heterocycles. The van der Waals surface area contributed by atoms with E-state index >= 15 is 0 Å². The monoisotopic (exact) mass is 470 g/mol. The summed E-state index contributed by atoms with van der Waals surface area (Å²) in [5, 5.41) is 0.209. The Morgan fingerprint density at radius 2 is 1.52 bits per heavy atom. The smallest absolute Gasteiger partial charge is 0.200 e. The van der Waals surface area contributed by atoms with Gasteiger partial charge in [-0.05, 0) is 59.6 Å². The molecule has 0 unspecified atom stereocenters. The highest BCUT2D eigenvalue weighted by atomic mass is 28.4. The van der Waals surface area contributed by atoms with Gasteiger partial charge in [-0.25, -0.2) is 0 Å². The van der Waals surface area contributed by atoms with Gasteiger partial charge in [0.2, 0.25) is 0 Å². The summed E-state index contributed by atoms with van der Waals surface area (Å²) in [5.74, 6) is 0.439. The fourth-order valence-corrected chi connectivity index (χ4v) is 11.7. The van der Waals surface area contributed by atoms with Gasteiger partial charge in [-0.1, -0.05) is 75.3 Å². The molecule has 31 heavy (non-hydrogen) atoms. The summed E-state index contributed by atoms with van der Waals surface area (Å²) in [5.41, 5.74) is 3.23. The molecule has 0 spiro atoms. The fraction of sp³-hybridized carbons (Fsp3) is 0.923. The van der Waals surface area contributed by atoms with E-state index in [-0.39, 0.29) is 11.1 Å². The summed E-state index contributed by atoms with van der Waals surface area (Å²) < 4.78 is 19.4. The molecule has 184 valence electrons. The maximum Gasteiger partial charge on any atom is 0.200 e. The lowest BCUT2D eigenvalue weighted by Crippen LogP contribution is -2.48. The molecule has 1 saturated heterocycles. The van der Waals surface area contributed by atoms with Crippen LogP contribution in [0.25, 0.3) is 0 Å². The molecule has 0 N–H and O–H groups in total. The quantitative estimate of drug-likeness (QED) is 0.154. The summed E-state index contributed by atoms with van der Waals surface area (Å²) in [6.45, 7) is 32.1. The summed E-state index contributed by atoms with van der Waals surface area (Å²) >= 11 is 0. The van der Waals surface area contributed by atoms with Crippen LogP contribution in [0.1, 0.15) is 89.0 Å². The molecule has 1 fully saturated rings. The minimum Gasteiger partial charge on any atom is -0.415 e. The summed E-state index contributed by atoms with van der Waals surface area (Å²) in [4.78, 5) is 0. The number of hydrogen-bond donors (Lipinski definition) is 0. The Hall–Kier alpha value is 0.0538. The van der Waals surface area contributed by atoms with Crippen LogP contribution in [-0.4, -0.2) is 42.1 Å². The van der Waals surface area contributed by atoms with E-state index in [1.807, 2.05) is 0 Å². The van der Waals surface area contributed by atoms with Gasteiger partial charge in [0.15, 0.2) is 16.6 Å². The van der Waals surface area contributed by atoms with Crippen molar-refractivity contribution in [3.8, 4) is 0 Å². The van der Waals surface area contributed by atoms with Crippen LogP contribution in [0, 0.1) is 5.92 Å². The Kier molecular flexibility index (Phi) is 10.8. The first-order valence-corrected chi connectivity index (χ1v) is 17.7. The third-order valence-electron chi connectivity index (χ3n) is 7.91. The average Bonchev–Trinajstić information content (AvgIpc) is 3.42. The lowest BCUT2D eigenvalue weighted by atomic mass is 9.99. The summed E-state index contributed by atoms with van der Waals surface area (Å²) in [6, 6.07) is 0. The standard InChI is InChI=1S/C26H54O3Si2/c1-14-23(17-28-31(19(2)3,20(4)5)21(6)7)15-22(8)25(16-24-18-27-24)29-30(12,13)26(9,10)11/h15,19-21,23-25H,14,16-18H2,1-13H3/b22-15-/t23-,24-,25+/m1/s1. The van der Waals surface area contributed by atoms with Crippen molar-refractivity contribution in [3.63, 3.8) is 0 Å². The van der Waals surface area contributed by atoms with E-state index < -0.39 is 16.6 Å². The second-order valence-corrected chi connectivity index (χ2v) is 22.5. The molecule has 1 aliphatic rings. The average molecular weight is 471 g/mol. The fourth-order valence-electron chi connectivity index (χ4n) is 4.82. The van der Waals surface area contributed by atoms with Crippen molar-refractivity contribution < 1.29 is 13.6 Å². The Bertz CT molecular complexity index is 550. The molecule has 3 nitrogen and oxygen atoms in total. The van der Waals surface area contributed by atoms with Crippen LogP contribution < -0.4 is 0 Å². The normalized spacial score (nSPS) is 20.6. The molecule has 0 aliphatic carbocycles. The van der Waals surface area contributed by atoms with Crippen LogP contribution in [0.4, 0.5) is 0 Å². The lowest BCUT2D eigenvalue weighted by molar-refractivity contribution is 0.186. The molecular weight excluding hydrogens is 416 g/mol. The van der Waals surface area contributed by atoms with Crippen molar-refractivity contribution in [2.75, 3.05) is 13.2 Å². The largest absolute Gasteiger partial charge is 0.415 e. The second kappa shape index (κ2) is 11.5. The zero-order chi connectivity index (χ0) is 24.2. The van der Waals surface area contributed by atoms with Crippen LogP contribution in [0.15, 0.2) is 11.6 Å². The van der Waals surface area contributed by atoms with Crippen LogP contribution in [0.3, 0.4) is 0 Å². The van der Waals surface area contributed by atoms with Gasteiger partial charge in [0.25, 0.3) is 0 Å². The lowest BCUT2D eigenvalue weighted by Gasteiger charge is -2.43. The molecule has 0 bridgehead atoms. The van der Waals surface area contributed by atoms with E-state index in [2.05, 4.69) is 95.3 Å². The van der Waals surface area contributed by atoms with Crippen LogP contribution in [-0.2, 0) is 13.6 Å². The molecule has 1 heterocycles. The minimum atomic E-state index is -1.84. The second-order valence-electron chi connectivity index (χ2n) is 12.3. The van der Waals surface area contributed by atoms with Gasteiger partial charge in [-0.2, -0.15) is 0 Å². The summed E-state index contributed by atoms with van der Waals surface area (Å²) in [6.07, 6.45) is 5.07. The molecule has 0 aromatic heterocycles. The van der Waals surface area contributed by atoms with Crippen molar-refractivity contribution in [2.24, 2.45) is 5.92 Å². The molecule has 5 heteroatoms. The van der Waals surface area contributed by atoms with E-state index in [9.17, 15) is 0 Å². The van der Waals surface area contributed by atoms with Crippen LogP contribution >= 0.6 is 0 Å². The van der Waals surface area contributed by atoms with Gasteiger partial charge < -0.3 is 13.6 Å². The van der Waals surface area contributed by atoms with Crippen LogP contribution in [0.5, 0.6) is 0 Å². The molecule has 0 amide bonds. The van der Waals surface area contributed by atoms with Gasteiger partial charge in [0.1, 0.15) is 0 Å². The first kappa shape index (κ1) is 29.1. The molecule has 1 rings (SSSR count). The molecule has 0 aromatic carbocycles. The van der Waals surface area contributed by atoms with E-state index in [0.717, 1.165) is 26.1 Å². The third-order valence-corrected chi connectivity index (χ3v) is 18.5. The van der Waals surface area contributed by atoms with Gasteiger partial charge in [0.05, 0.1) is 18.8 Å². The Labute approximate surface area is 197 Å². The topological polar surface area (TPSA) is 31.0 Å². The van der Waals surface area contributed by atoms with Crippen LogP contribution in [0.2, 0.25) is 34.8 Å². The predicted molar refractivity (Wildman–Crippen MR) is 141 cm³/mol. The first-order valence-electron chi connectivity index (χ1n) is 12.7. The van der Waals surface area contributed by atoms with E-state index in [1.54, 1.807) is 0 Å². The number of epoxide rings is 1. The van der Waals surface area contributed by atoms with E-state index in [4.69, 9.17) is 13.6 Å². The third kappa shape index (κ3) is 7.80. The number of rotatable bonds is 13. The minimum absolute atomic E-state index is 0.157. The highest BCUT2D eigenvalue weighted by Crippen LogP contribution is 2.43. The highest BCUT2D eigenvalue weighted by Gasteiger charge is 2.45. The number of ether oxygens (including phenoxy) is 1. The van der Waals surface area contributed by atoms with Gasteiger partial charge in [0, 0.05) is 13.0 Å². The van der Waals surface area contributed by atoms with Gasteiger partial charge in [-0.3, -0.25) is 0 Å². The molecule has 0 saturated carbocycles. The maximum atomic E-state index is 6.93. The van der Waals surface area contributed by atoms with Crippen molar-refractivity contribution in [1.82, 2.24) is 0 Å². The molecule has 3 atom stereocenters. The Balaban J connectivity index is 3.03. The maximum absolute atomic E-state index is 6.93. The summed E-state index contributed by atoms with van der Waals surface area (Å²) in [7, 11) is -3.68.